The molecule has 2 rings (SSSR count). The Morgan fingerprint density at radius 3 is 2.50 bits per heavy atom. The summed E-state index contributed by atoms with van der Waals surface area (Å²) in [5.74, 6) is 0.821. The number of nitrogens with one attached hydrogen (secondary N) is 1. The third kappa shape index (κ3) is 3.12. The highest BCUT2D eigenvalue weighted by Gasteiger charge is 2.21. The second-order valence-electron chi connectivity index (χ2n) is 4.61. The van der Waals surface area contributed by atoms with Crippen LogP contribution >= 0.6 is 11.3 Å². The lowest BCUT2D eigenvalue weighted by Crippen LogP contribution is -2.23. The van der Waals surface area contributed by atoms with E-state index >= 15 is 0 Å². The molecule has 0 aromatic carbocycles. The first-order valence-electron chi connectivity index (χ1n) is 6.18. The number of sulfonamides is 1. The average molecular weight is 314 g/mol. The SMILES string of the molecule is Cc1cc(CNS(=O)(=O)c2cc(CN)oc2C)sc1C. The first-order valence-corrected chi connectivity index (χ1v) is 8.48. The van der Waals surface area contributed by atoms with Gasteiger partial charge in [-0.05, 0) is 32.4 Å². The summed E-state index contributed by atoms with van der Waals surface area (Å²) in [4.78, 5) is 2.34. The van der Waals surface area contributed by atoms with Crippen molar-refractivity contribution in [1.29, 1.82) is 0 Å². The molecule has 0 saturated heterocycles. The molecule has 0 spiro atoms. The smallest absolute Gasteiger partial charge is 0.244 e. The highest BCUT2D eigenvalue weighted by atomic mass is 32.2. The molecule has 0 aliphatic rings. The Balaban J connectivity index is 2.16. The van der Waals surface area contributed by atoms with Crippen molar-refractivity contribution in [3.05, 3.63) is 39.0 Å². The molecule has 0 unspecified atom stereocenters. The number of aryl methyl sites for hydroxylation is 3. The van der Waals surface area contributed by atoms with Gasteiger partial charge in [0.2, 0.25) is 10.0 Å². The fourth-order valence-electron chi connectivity index (χ4n) is 1.87. The standard InChI is InChI=1S/C13H18N2O3S2/c1-8-4-12(19-10(8)3)7-15-20(16,17)13-5-11(6-14)18-9(13)2/h4-5,15H,6-7,14H2,1-3H3. The highest BCUT2D eigenvalue weighted by molar-refractivity contribution is 7.89. The molecule has 0 atom stereocenters. The molecule has 2 aromatic rings. The van der Waals surface area contributed by atoms with Gasteiger partial charge in [0, 0.05) is 22.4 Å². The quantitative estimate of drug-likeness (QED) is 0.886. The van der Waals surface area contributed by atoms with Crippen molar-refractivity contribution in [3.63, 3.8) is 0 Å². The molecule has 0 radical (unpaired) electrons. The summed E-state index contributed by atoms with van der Waals surface area (Å²) >= 11 is 1.59. The number of rotatable bonds is 5. The Morgan fingerprint density at radius 2 is 2.00 bits per heavy atom. The van der Waals surface area contributed by atoms with E-state index in [9.17, 15) is 8.42 Å². The molecule has 2 aromatic heterocycles. The van der Waals surface area contributed by atoms with E-state index in [1.807, 2.05) is 19.9 Å². The van der Waals surface area contributed by atoms with Gasteiger partial charge in [0.15, 0.2) is 0 Å². The van der Waals surface area contributed by atoms with Gasteiger partial charge in [-0.15, -0.1) is 11.3 Å². The van der Waals surface area contributed by atoms with E-state index in [1.54, 1.807) is 18.3 Å². The lowest BCUT2D eigenvalue weighted by molar-refractivity contribution is 0.478. The van der Waals surface area contributed by atoms with Crippen LogP contribution in [0.1, 0.15) is 26.8 Å². The minimum Gasteiger partial charge on any atom is -0.464 e. The fourth-order valence-corrected chi connectivity index (χ4v) is 4.16. The second kappa shape index (κ2) is 5.69. The fraction of sp³-hybridized carbons (Fsp3) is 0.385. The summed E-state index contributed by atoms with van der Waals surface area (Å²) in [6.07, 6.45) is 0. The molecule has 0 aliphatic carbocycles. The molecule has 0 amide bonds. The van der Waals surface area contributed by atoms with Gasteiger partial charge in [-0.2, -0.15) is 0 Å². The maximum Gasteiger partial charge on any atom is 0.244 e. The van der Waals surface area contributed by atoms with Crippen LogP contribution in [0.4, 0.5) is 0 Å². The van der Waals surface area contributed by atoms with Crippen LogP contribution in [-0.2, 0) is 23.1 Å². The van der Waals surface area contributed by atoms with E-state index in [1.165, 1.54) is 16.5 Å². The van der Waals surface area contributed by atoms with Crippen molar-refractivity contribution < 1.29 is 12.8 Å². The van der Waals surface area contributed by atoms with Crippen molar-refractivity contribution in [2.75, 3.05) is 0 Å². The van der Waals surface area contributed by atoms with Gasteiger partial charge in [-0.1, -0.05) is 0 Å². The van der Waals surface area contributed by atoms with E-state index in [-0.39, 0.29) is 18.0 Å². The summed E-state index contributed by atoms with van der Waals surface area (Å²) in [6.45, 7) is 6.11. The second-order valence-corrected chi connectivity index (χ2v) is 7.69. The molecule has 0 aliphatic heterocycles. The summed E-state index contributed by atoms with van der Waals surface area (Å²) in [5, 5.41) is 0. The van der Waals surface area contributed by atoms with Crippen molar-refractivity contribution in [2.45, 2.75) is 38.8 Å². The van der Waals surface area contributed by atoms with E-state index in [4.69, 9.17) is 10.2 Å². The zero-order valence-electron chi connectivity index (χ0n) is 11.7. The summed E-state index contributed by atoms with van der Waals surface area (Å²) in [5.41, 5.74) is 6.63. The minimum absolute atomic E-state index is 0.156. The molecule has 0 saturated carbocycles. The maximum absolute atomic E-state index is 12.2. The van der Waals surface area contributed by atoms with Gasteiger partial charge in [0.05, 0.1) is 6.54 Å². The molecule has 7 heteroatoms. The summed E-state index contributed by atoms with van der Waals surface area (Å²) in [6, 6.07) is 3.47. The Morgan fingerprint density at radius 1 is 1.30 bits per heavy atom. The number of nitrogens with two attached hydrogens (primary N) is 1. The molecule has 3 N–H and O–H groups in total. The topological polar surface area (TPSA) is 85.3 Å². The zero-order valence-corrected chi connectivity index (χ0v) is 13.3. The molecular formula is C13H18N2O3S2. The van der Waals surface area contributed by atoms with Crippen LogP contribution in [0.15, 0.2) is 21.4 Å². The van der Waals surface area contributed by atoms with E-state index in [0.29, 0.717) is 11.5 Å². The highest BCUT2D eigenvalue weighted by Crippen LogP contribution is 2.23. The van der Waals surface area contributed by atoms with Crippen molar-refractivity contribution >= 4 is 21.4 Å². The minimum atomic E-state index is -3.57. The van der Waals surface area contributed by atoms with Crippen molar-refractivity contribution in [2.24, 2.45) is 5.73 Å². The first-order chi connectivity index (χ1) is 9.33. The van der Waals surface area contributed by atoms with Gasteiger partial charge >= 0.3 is 0 Å². The van der Waals surface area contributed by atoms with Crippen LogP contribution in [0.25, 0.3) is 0 Å². The maximum atomic E-state index is 12.2. The molecule has 110 valence electrons. The summed E-state index contributed by atoms with van der Waals surface area (Å²) in [7, 11) is -3.57. The molecule has 0 bridgehead atoms. The average Bonchev–Trinajstić information content (AvgIpc) is 2.91. The van der Waals surface area contributed by atoms with Crippen LogP contribution in [0.3, 0.4) is 0 Å². The van der Waals surface area contributed by atoms with Gasteiger partial charge in [-0.3, -0.25) is 0 Å². The Bertz CT molecular complexity index is 695. The van der Waals surface area contributed by atoms with Crippen LogP contribution in [-0.4, -0.2) is 8.42 Å². The number of furan rings is 1. The van der Waals surface area contributed by atoms with Gasteiger partial charge in [0.1, 0.15) is 16.4 Å². The monoisotopic (exact) mass is 314 g/mol. The lowest BCUT2D eigenvalue weighted by Gasteiger charge is -2.03. The van der Waals surface area contributed by atoms with E-state index in [2.05, 4.69) is 4.72 Å². The van der Waals surface area contributed by atoms with Crippen LogP contribution < -0.4 is 10.5 Å². The summed E-state index contributed by atoms with van der Waals surface area (Å²) < 4.78 is 32.4. The number of hydrogen-bond acceptors (Lipinski definition) is 5. The van der Waals surface area contributed by atoms with Gasteiger partial charge < -0.3 is 10.2 Å². The normalized spacial score (nSPS) is 12.0. The lowest BCUT2D eigenvalue weighted by atomic mass is 10.3. The van der Waals surface area contributed by atoms with E-state index in [0.717, 1.165) is 4.88 Å². The zero-order chi connectivity index (χ0) is 14.9. The Hall–Kier alpha value is -1.15. The molecule has 20 heavy (non-hydrogen) atoms. The predicted molar refractivity (Wildman–Crippen MR) is 79.2 cm³/mol. The van der Waals surface area contributed by atoms with Crippen LogP contribution in [0.5, 0.6) is 0 Å². The van der Waals surface area contributed by atoms with Crippen LogP contribution in [0, 0.1) is 20.8 Å². The Kier molecular flexibility index (Phi) is 4.33. The predicted octanol–water partition coefficient (Wildman–Crippen LogP) is 2.20. The number of hydrogen-bond donors (Lipinski definition) is 2. The Labute approximate surface area is 122 Å². The van der Waals surface area contributed by atoms with Crippen molar-refractivity contribution in [3.8, 4) is 0 Å². The van der Waals surface area contributed by atoms with Crippen LogP contribution in [0.2, 0.25) is 0 Å². The van der Waals surface area contributed by atoms with E-state index < -0.39 is 10.0 Å². The molecule has 2 heterocycles. The largest absolute Gasteiger partial charge is 0.464 e. The third-order valence-electron chi connectivity index (χ3n) is 3.07. The van der Waals surface area contributed by atoms with Gasteiger partial charge in [-0.25, -0.2) is 13.1 Å². The molecule has 0 fully saturated rings. The van der Waals surface area contributed by atoms with Gasteiger partial charge in [0.25, 0.3) is 0 Å². The first kappa shape index (κ1) is 15.2. The van der Waals surface area contributed by atoms with Crippen molar-refractivity contribution in [1.82, 2.24) is 4.72 Å². The molecular weight excluding hydrogens is 296 g/mol. The third-order valence-corrected chi connectivity index (χ3v) is 5.73. The molecule has 5 nitrogen and oxygen atoms in total. The number of thiophene rings is 1.